The van der Waals surface area contributed by atoms with E-state index in [0.29, 0.717) is 18.3 Å². The monoisotopic (exact) mass is 398 g/mol. The summed E-state index contributed by atoms with van der Waals surface area (Å²) in [5.41, 5.74) is 4.04. The first kappa shape index (κ1) is 21.5. The van der Waals surface area contributed by atoms with Gasteiger partial charge < -0.3 is 15.0 Å². The Morgan fingerprint density at radius 1 is 1.34 bits per heavy atom. The van der Waals surface area contributed by atoms with Crippen molar-refractivity contribution in [1.29, 1.82) is 0 Å². The van der Waals surface area contributed by atoms with Gasteiger partial charge in [0.05, 0.1) is 6.10 Å². The number of nitrogens with zero attached hydrogens (tertiary/aromatic N) is 3. The summed E-state index contributed by atoms with van der Waals surface area (Å²) in [5.74, 6) is -0.00307. The van der Waals surface area contributed by atoms with E-state index in [2.05, 4.69) is 24.3 Å². The van der Waals surface area contributed by atoms with E-state index < -0.39 is 0 Å². The minimum atomic E-state index is -0.00307. The summed E-state index contributed by atoms with van der Waals surface area (Å²) >= 11 is 0. The summed E-state index contributed by atoms with van der Waals surface area (Å²) in [7, 11) is 3.80. The van der Waals surface area contributed by atoms with Gasteiger partial charge in [0, 0.05) is 44.5 Å². The van der Waals surface area contributed by atoms with E-state index in [4.69, 9.17) is 4.74 Å². The van der Waals surface area contributed by atoms with E-state index in [-0.39, 0.29) is 12.0 Å². The normalized spacial score (nSPS) is 16.1. The van der Waals surface area contributed by atoms with E-state index in [1.54, 1.807) is 4.90 Å². The number of fused-ring (bicyclic) bond motifs is 1. The van der Waals surface area contributed by atoms with Crippen LogP contribution in [0.5, 0.6) is 0 Å². The first-order chi connectivity index (χ1) is 14.0. The number of benzene rings is 1. The number of rotatable bonds is 9. The summed E-state index contributed by atoms with van der Waals surface area (Å²) in [4.78, 5) is 14.9. The molecule has 0 fully saturated rings. The molecule has 1 amide bonds. The van der Waals surface area contributed by atoms with Crippen LogP contribution < -0.4 is 5.32 Å². The molecule has 0 radical (unpaired) electrons. The lowest BCUT2D eigenvalue weighted by Gasteiger charge is -2.25. The SMILES string of the molecule is CC(C)OCCCN[C@H]1CCc2c(c(C(=O)N(C)Cc3ccccc3)nn2C)C1. The Morgan fingerprint density at radius 3 is 2.83 bits per heavy atom. The van der Waals surface area contributed by atoms with Crippen molar-refractivity contribution in [3.05, 3.63) is 52.8 Å². The Hall–Kier alpha value is -2.18. The maximum Gasteiger partial charge on any atom is 0.274 e. The van der Waals surface area contributed by atoms with Crippen molar-refractivity contribution in [2.75, 3.05) is 20.2 Å². The van der Waals surface area contributed by atoms with Gasteiger partial charge in [0.25, 0.3) is 5.91 Å². The van der Waals surface area contributed by atoms with Gasteiger partial charge >= 0.3 is 0 Å². The molecule has 29 heavy (non-hydrogen) atoms. The Labute approximate surface area is 174 Å². The van der Waals surface area contributed by atoms with Crippen molar-refractivity contribution in [2.24, 2.45) is 7.05 Å². The van der Waals surface area contributed by atoms with Crippen LogP contribution in [0.3, 0.4) is 0 Å². The first-order valence-electron chi connectivity index (χ1n) is 10.6. The highest BCUT2D eigenvalue weighted by molar-refractivity contribution is 5.94. The Bertz CT molecular complexity index is 801. The average molecular weight is 399 g/mol. The summed E-state index contributed by atoms with van der Waals surface area (Å²) in [6, 6.07) is 10.5. The molecular weight excluding hydrogens is 364 g/mol. The molecule has 1 aromatic carbocycles. The van der Waals surface area contributed by atoms with E-state index in [9.17, 15) is 4.79 Å². The van der Waals surface area contributed by atoms with Crippen LogP contribution in [-0.4, -0.2) is 52.9 Å². The molecule has 0 saturated heterocycles. The Kier molecular flexibility index (Phi) is 7.45. The summed E-state index contributed by atoms with van der Waals surface area (Å²) in [6.45, 7) is 6.42. The number of carbonyl (C=O) groups excluding carboxylic acids is 1. The molecule has 1 atom stereocenters. The van der Waals surface area contributed by atoms with Crippen LogP contribution in [0.1, 0.15) is 54.0 Å². The van der Waals surface area contributed by atoms with Gasteiger partial charge in [-0.05, 0) is 51.6 Å². The molecule has 1 aliphatic rings. The van der Waals surface area contributed by atoms with E-state index in [0.717, 1.165) is 50.0 Å². The van der Waals surface area contributed by atoms with Crippen LogP contribution >= 0.6 is 0 Å². The molecule has 1 heterocycles. The molecule has 1 aliphatic carbocycles. The van der Waals surface area contributed by atoms with Crippen molar-refractivity contribution in [3.63, 3.8) is 0 Å². The number of aromatic nitrogens is 2. The number of aryl methyl sites for hydroxylation is 1. The summed E-state index contributed by atoms with van der Waals surface area (Å²) in [5, 5.41) is 8.23. The fourth-order valence-electron chi connectivity index (χ4n) is 3.94. The maximum absolute atomic E-state index is 13.1. The molecular formula is C23H34N4O2. The van der Waals surface area contributed by atoms with E-state index in [1.165, 1.54) is 5.69 Å². The number of ether oxygens (including phenoxy) is 1. The standard InChI is InChI=1S/C23H34N4O2/c1-17(2)29-14-8-13-24-19-11-12-21-20(15-19)22(25-27(21)4)23(28)26(3)16-18-9-6-5-7-10-18/h5-7,9-10,17,19,24H,8,11-16H2,1-4H3/t19-/m0/s1. The molecule has 3 rings (SSSR count). The zero-order chi connectivity index (χ0) is 20.8. The third-order valence-electron chi connectivity index (χ3n) is 5.47. The van der Waals surface area contributed by atoms with Crippen molar-refractivity contribution in [3.8, 4) is 0 Å². The van der Waals surface area contributed by atoms with Crippen LogP contribution in [-0.2, 0) is 31.2 Å². The number of carbonyl (C=O) groups is 1. The van der Waals surface area contributed by atoms with Crippen molar-refractivity contribution in [1.82, 2.24) is 20.0 Å². The van der Waals surface area contributed by atoms with Gasteiger partial charge in [-0.2, -0.15) is 5.10 Å². The van der Waals surface area contributed by atoms with Gasteiger partial charge in [0.15, 0.2) is 5.69 Å². The number of hydrogen-bond donors (Lipinski definition) is 1. The van der Waals surface area contributed by atoms with E-state index >= 15 is 0 Å². The minimum Gasteiger partial charge on any atom is -0.379 e. The zero-order valence-electron chi connectivity index (χ0n) is 18.1. The third-order valence-corrected chi connectivity index (χ3v) is 5.47. The lowest BCUT2D eigenvalue weighted by atomic mass is 9.91. The van der Waals surface area contributed by atoms with Crippen LogP contribution in [0.15, 0.2) is 30.3 Å². The second-order valence-corrected chi connectivity index (χ2v) is 8.21. The molecule has 1 N–H and O–H groups in total. The highest BCUT2D eigenvalue weighted by Crippen LogP contribution is 2.25. The van der Waals surface area contributed by atoms with Gasteiger partial charge in [-0.3, -0.25) is 9.48 Å². The second kappa shape index (κ2) is 10.0. The molecule has 0 bridgehead atoms. The predicted molar refractivity (Wildman–Crippen MR) is 115 cm³/mol. The van der Waals surface area contributed by atoms with Gasteiger partial charge in [-0.25, -0.2) is 0 Å². The van der Waals surface area contributed by atoms with Crippen molar-refractivity contribution in [2.45, 2.75) is 58.2 Å². The maximum atomic E-state index is 13.1. The lowest BCUT2D eigenvalue weighted by molar-refractivity contribution is 0.0766. The molecule has 6 nitrogen and oxygen atoms in total. The largest absolute Gasteiger partial charge is 0.379 e. The first-order valence-corrected chi connectivity index (χ1v) is 10.6. The van der Waals surface area contributed by atoms with Crippen LogP contribution in [0, 0.1) is 0 Å². The molecule has 158 valence electrons. The molecule has 0 saturated carbocycles. The highest BCUT2D eigenvalue weighted by atomic mass is 16.5. The minimum absolute atomic E-state index is 0.00307. The molecule has 0 aliphatic heterocycles. The van der Waals surface area contributed by atoms with Crippen LogP contribution in [0.25, 0.3) is 0 Å². The predicted octanol–water partition coefficient (Wildman–Crippen LogP) is 2.95. The van der Waals surface area contributed by atoms with Crippen molar-refractivity contribution >= 4 is 5.91 Å². The molecule has 0 spiro atoms. The quantitative estimate of drug-likeness (QED) is 0.660. The van der Waals surface area contributed by atoms with Crippen molar-refractivity contribution < 1.29 is 9.53 Å². The fraction of sp³-hybridized carbons (Fsp3) is 0.565. The van der Waals surface area contributed by atoms with Gasteiger partial charge in [0.2, 0.25) is 0 Å². The summed E-state index contributed by atoms with van der Waals surface area (Å²) < 4.78 is 7.51. The zero-order valence-corrected chi connectivity index (χ0v) is 18.1. The summed E-state index contributed by atoms with van der Waals surface area (Å²) in [6.07, 6.45) is 4.16. The highest BCUT2D eigenvalue weighted by Gasteiger charge is 2.29. The van der Waals surface area contributed by atoms with Gasteiger partial charge in [-0.15, -0.1) is 0 Å². The molecule has 0 unspecified atom stereocenters. The molecule has 1 aromatic heterocycles. The smallest absolute Gasteiger partial charge is 0.274 e. The molecule has 2 aromatic rings. The lowest BCUT2D eigenvalue weighted by Crippen LogP contribution is -2.36. The van der Waals surface area contributed by atoms with E-state index in [1.807, 2.05) is 49.1 Å². The van der Waals surface area contributed by atoms with Gasteiger partial charge in [0.1, 0.15) is 0 Å². The number of hydrogen-bond acceptors (Lipinski definition) is 4. The average Bonchev–Trinajstić information content (AvgIpc) is 3.03. The van der Waals surface area contributed by atoms with Gasteiger partial charge in [-0.1, -0.05) is 30.3 Å². The fourth-order valence-corrected chi connectivity index (χ4v) is 3.94. The topological polar surface area (TPSA) is 59.4 Å². The number of nitrogens with one attached hydrogen (secondary N) is 1. The molecule has 6 heteroatoms. The van der Waals surface area contributed by atoms with Crippen LogP contribution in [0.2, 0.25) is 0 Å². The third kappa shape index (κ3) is 5.67. The van der Waals surface area contributed by atoms with Crippen LogP contribution in [0.4, 0.5) is 0 Å². The Balaban J connectivity index is 1.61. The Morgan fingerprint density at radius 2 is 2.10 bits per heavy atom. The number of amides is 1. The second-order valence-electron chi connectivity index (χ2n) is 8.21.